The number of benzene rings is 1. The van der Waals surface area contributed by atoms with Crippen LogP contribution in [0.25, 0.3) is 21.4 Å². The van der Waals surface area contributed by atoms with Crippen molar-refractivity contribution in [3.8, 4) is 11.3 Å². The third kappa shape index (κ3) is 3.62. The van der Waals surface area contributed by atoms with Crippen molar-refractivity contribution in [3.05, 3.63) is 66.0 Å². The molecule has 5 rings (SSSR count). The van der Waals surface area contributed by atoms with Gasteiger partial charge in [0.2, 0.25) is 0 Å². The molecule has 6 nitrogen and oxygen atoms in total. The molecule has 4 aromatic rings. The van der Waals surface area contributed by atoms with Crippen molar-refractivity contribution in [2.75, 3.05) is 36.4 Å². The summed E-state index contributed by atoms with van der Waals surface area (Å²) >= 11 is 1.71. The Labute approximate surface area is 172 Å². The van der Waals surface area contributed by atoms with E-state index in [1.54, 1.807) is 29.8 Å². The summed E-state index contributed by atoms with van der Waals surface area (Å²) in [6.45, 7) is 3.63. The number of anilines is 2. The lowest BCUT2D eigenvalue weighted by molar-refractivity contribution is 0.0997. The van der Waals surface area contributed by atoms with E-state index in [1.165, 1.54) is 10.1 Å². The zero-order chi connectivity index (χ0) is 19.6. The van der Waals surface area contributed by atoms with Crippen LogP contribution in [0, 0.1) is 0 Å². The van der Waals surface area contributed by atoms with Crippen LogP contribution < -0.4 is 15.5 Å². The van der Waals surface area contributed by atoms with Gasteiger partial charge in [0, 0.05) is 42.6 Å². The van der Waals surface area contributed by atoms with Crippen LogP contribution in [0.1, 0.15) is 10.6 Å². The van der Waals surface area contributed by atoms with Crippen LogP contribution in [-0.2, 0) is 0 Å². The Morgan fingerprint density at radius 1 is 1.14 bits per heavy atom. The Hall–Kier alpha value is -3.16. The normalized spacial score (nSPS) is 14.3. The number of carbonyl (C=O) groups is 1. The van der Waals surface area contributed by atoms with Gasteiger partial charge in [0.1, 0.15) is 5.76 Å². The molecule has 1 aliphatic heterocycles. The number of hydrogen-bond acceptors (Lipinski definition) is 6. The van der Waals surface area contributed by atoms with Crippen molar-refractivity contribution in [1.82, 2.24) is 10.3 Å². The summed E-state index contributed by atoms with van der Waals surface area (Å²) in [5.41, 5.74) is 2.62. The summed E-state index contributed by atoms with van der Waals surface area (Å²) in [6, 6.07) is 13.7. The van der Waals surface area contributed by atoms with Crippen LogP contribution in [0.15, 0.2) is 64.7 Å². The van der Waals surface area contributed by atoms with E-state index >= 15 is 0 Å². The van der Waals surface area contributed by atoms with Gasteiger partial charge in [-0.15, -0.1) is 11.3 Å². The fourth-order valence-electron chi connectivity index (χ4n) is 3.58. The predicted octanol–water partition coefficient (Wildman–Crippen LogP) is 4.22. The average Bonchev–Trinajstić information content (AvgIpc) is 3.44. The van der Waals surface area contributed by atoms with E-state index in [1.807, 2.05) is 18.2 Å². The Balaban J connectivity index is 1.37. The minimum Gasteiger partial charge on any atom is -0.451 e. The molecule has 3 aromatic heterocycles. The first-order valence-corrected chi connectivity index (χ1v) is 10.4. The van der Waals surface area contributed by atoms with Gasteiger partial charge in [-0.05, 0) is 53.2 Å². The molecule has 0 unspecified atom stereocenters. The zero-order valence-corrected chi connectivity index (χ0v) is 16.5. The first-order chi connectivity index (χ1) is 14.3. The van der Waals surface area contributed by atoms with E-state index in [2.05, 4.69) is 44.1 Å². The number of nitrogens with zero attached hydrogens (tertiary/aromatic N) is 2. The van der Waals surface area contributed by atoms with Gasteiger partial charge in [0.15, 0.2) is 5.76 Å². The number of hydrogen-bond donors (Lipinski definition) is 2. The number of thiophene rings is 1. The Morgan fingerprint density at radius 3 is 2.93 bits per heavy atom. The number of pyridine rings is 1. The molecule has 1 aromatic carbocycles. The molecule has 0 spiro atoms. The van der Waals surface area contributed by atoms with Crippen molar-refractivity contribution in [2.24, 2.45) is 0 Å². The van der Waals surface area contributed by atoms with Gasteiger partial charge < -0.3 is 20.0 Å². The van der Waals surface area contributed by atoms with Gasteiger partial charge >= 0.3 is 0 Å². The van der Waals surface area contributed by atoms with E-state index in [4.69, 9.17) is 4.42 Å². The van der Waals surface area contributed by atoms with Crippen molar-refractivity contribution in [1.29, 1.82) is 0 Å². The lowest BCUT2D eigenvalue weighted by Crippen LogP contribution is -2.43. The number of furan rings is 1. The van der Waals surface area contributed by atoms with Crippen LogP contribution in [0.4, 0.5) is 11.4 Å². The zero-order valence-electron chi connectivity index (χ0n) is 15.7. The molecule has 146 valence electrons. The predicted molar refractivity (Wildman–Crippen MR) is 117 cm³/mol. The second kappa shape index (κ2) is 7.69. The molecule has 0 saturated carbocycles. The Morgan fingerprint density at radius 2 is 2.03 bits per heavy atom. The van der Waals surface area contributed by atoms with Crippen LogP contribution in [0.2, 0.25) is 0 Å². The highest BCUT2D eigenvalue weighted by Gasteiger charge is 2.18. The lowest BCUT2D eigenvalue weighted by Gasteiger charge is -2.30. The highest BCUT2D eigenvalue weighted by molar-refractivity contribution is 7.17. The molecule has 1 saturated heterocycles. The number of rotatable bonds is 4. The summed E-state index contributed by atoms with van der Waals surface area (Å²) in [7, 11) is 0. The number of aromatic nitrogens is 1. The molecule has 0 radical (unpaired) electrons. The maximum Gasteiger partial charge on any atom is 0.291 e. The van der Waals surface area contributed by atoms with E-state index in [0.717, 1.165) is 37.4 Å². The number of fused-ring (bicyclic) bond motifs is 1. The fraction of sp³-hybridized carbons (Fsp3) is 0.182. The molecule has 1 aliphatic rings. The third-order valence-corrected chi connectivity index (χ3v) is 5.97. The number of carbonyl (C=O) groups excluding carboxylic acids is 1. The van der Waals surface area contributed by atoms with E-state index < -0.39 is 0 Å². The van der Waals surface area contributed by atoms with Crippen LogP contribution >= 0.6 is 11.3 Å². The minimum atomic E-state index is -0.280. The molecule has 2 N–H and O–H groups in total. The topological polar surface area (TPSA) is 70.4 Å². The molecule has 4 heterocycles. The van der Waals surface area contributed by atoms with E-state index in [9.17, 15) is 4.79 Å². The third-order valence-electron chi connectivity index (χ3n) is 5.07. The Bertz CT molecular complexity index is 1160. The molecule has 0 atom stereocenters. The van der Waals surface area contributed by atoms with Gasteiger partial charge in [-0.3, -0.25) is 9.78 Å². The van der Waals surface area contributed by atoms with Gasteiger partial charge in [0.25, 0.3) is 5.91 Å². The summed E-state index contributed by atoms with van der Waals surface area (Å²) in [4.78, 5) is 19.2. The summed E-state index contributed by atoms with van der Waals surface area (Å²) in [5, 5.41) is 9.54. The van der Waals surface area contributed by atoms with Crippen molar-refractivity contribution < 1.29 is 9.21 Å². The van der Waals surface area contributed by atoms with Gasteiger partial charge in [-0.2, -0.15) is 0 Å². The smallest absolute Gasteiger partial charge is 0.291 e. The number of nitrogens with one attached hydrogen (secondary N) is 2. The molecular weight excluding hydrogens is 384 g/mol. The van der Waals surface area contributed by atoms with Crippen molar-refractivity contribution in [2.45, 2.75) is 0 Å². The molecule has 1 fully saturated rings. The number of amides is 1. The van der Waals surface area contributed by atoms with Gasteiger partial charge in [-0.25, -0.2) is 0 Å². The largest absolute Gasteiger partial charge is 0.451 e. The van der Waals surface area contributed by atoms with Gasteiger partial charge in [0.05, 0.1) is 17.6 Å². The molecule has 7 heteroatoms. The van der Waals surface area contributed by atoms with E-state index in [-0.39, 0.29) is 11.7 Å². The van der Waals surface area contributed by atoms with Crippen LogP contribution in [0.3, 0.4) is 0 Å². The van der Waals surface area contributed by atoms with Crippen molar-refractivity contribution in [3.63, 3.8) is 0 Å². The second-order valence-electron chi connectivity index (χ2n) is 6.92. The summed E-state index contributed by atoms with van der Waals surface area (Å²) in [5.74, 6) is 0.676. The maximum atomic E-state index is 12.8. The standard InChI is InChI=1S/C22H20N4O2S/c27-22(25-17-14-24-7-5-18(17)26-10-8-23-9-11-26)20-3-2-19(28-20)15-1-4-21-16(13-15)6-12-29-21/h1-7,12-14,23H,8-11H2,(H,25,27). The summed E-state index contributed by atoms with van der Waals surface area (Å²) in [6.07, 6.45) is 3.43. The maximum absolute atomic E-state index is 12.8. The lowest BCUT2D eigenvalue weighted by atomic mass is 10.1. The summed E-state index contributed by atoms with van der Waals surface area (Å²) < 4.78 is 7.09. The fourth-order valence-corrected chi connectivity index (χ4v) is 4.35. The molecular formula is C22H20N4O2S. The van der Waals surface area contributed by atoms with Crippen LogP contribution in [0.5, 0.6) is 0 Å². The van der Waals surface area contributed by atoms with Crippen LogP contribution in [-0.4, -0.2) is 37.1 Å². The first-order valence-electron chi connectivity index (χ1n) is 9.56. The SMILES string of the molecule is O=C(Nc1cnccc1N1CCNCC1)c1ccc(-c2ccc3sccc3c2)o1. The first kappa shape index (κ1) is 17.9. The second-order valence-corrected chi connectivity index (χ2v) is 7.87. The molecule has 0 bridgehead atoms. The quantitative estimate of drug-likeness (QED) is 0.533. The average molecular weight is 404 g/mol. The minimum absolute atomic E-state index is 0.278. The molecule has 0 aliphatic carbocycles. The Kier molecular flexibility index (Phi) is 4.75. The van der Waals surface area contributed by atoms with E-state index in [0.29, 0.717) is 11.4 Å². The highest BCUT2D eigenvalue weighted by Crippen LogP contribution is 2.30. The monoisotopic (exact) mass is 404 g/mol. The molecule has 29 heavy (non-hydrogen) atoms. The highest BCUT2D eigenvalue weighted by atomic mass is 32.1. The van der Waals surface area contributed by atoms with Gasteiger partial charge in [-0.1, -0.05) is 0 Å². The number of piperazine rings is 1. The van der Waals surface area contributed by atoms with Crippen molar-refractivity contribution >= 4 is 38.7 Å². The molecule has 1 amide bonds.